The Balaban J connectivity index is 2.53. The van der Waals surface area contributed by atoms with Crippen molar-refractivity contribution >= 4 is 17.9 Å². The van der Waals surface area contributed by atoms with E-state index in [1.807, 2.05) is 0 Å². The molecule has 1 fully saturated rings. The standard InChI is InChI=1S/C20H34O7/c21-17-15-20(25,19(23)24)16-18(22)27-14-12-10-8-6-4-2-1-3-5-7-9-11-13-26-17/h25H,1-16H2,(H,23,24). The molecule has 7 heteroatoms. The van der Waals surface area contributed by atoms with E-state index >= 15 is 0 Å². The molecule has 27 heavy (non-hydrogen) atoms. The van der Waals surface area contributed by atoms with Crippen LogP contribution in [0.4, 0.5) is 0 Å². The molecule has 0 radical (unpaired) electrons. The van der Waals surface area contributed by atoms with Crippen molar-refractivity contribution in [2.24, 2.45) is 0 Å². The van der Waals surface area contributed by atoms with Crippen molar-refractivity contribution < 1.29 is 34.1 Å². The number of carboxylic acid groups (broad SMARTS) is 1. The van der Waals surface area contributed by atoms with E-state index in [2.05, 4.69) is 0 Å². The highest BCUT2D eigenvalue weighted by Crippen LogP contribution is 2.19. The smallest absolute Gasteiger partial charge is 0.336 e. The minimum atomic E-state index is -2.49. The van der Waals surface area contributed by atoms with Crippen LogP contribution in [0.5, 0.6) is 0 Å². The number of aliphatic hydroxyl groups is 1. The second-order valence-corrected chi connectivity index (χ2v) is 7.37. The van der Waals surface area contributed by atoms with Gasteiger partial charge in [0.15, 0.2) is 5.60 Å². The second-order valence-electron chi connectivity index (χ2n) is 7.37. The highest BCUT2D eigenvalue weighted by molar-refractivity contribution is 5.88. The fourth-order valence-corrected chi connectivity index (χ4v) is 3.14. The molecule has 1 rings (SSSR count). The monoisotopic (exact) mass is 386 g/mol. The molecule has 0 aromatic heterocycles. The number of aliphatic carboxylic acids is 1. The number of hydrogen-bond donors (Lipinski definition) is 2. The molecule has 0 aliphatic carbocycles. The summed E-state index contributed by atoms with van der Waals surface area (Å²) in [5.41, 5.74) is -2.49. The highest BCUT2D eigenvalue weighted by Gasteiger charge is 2.42. The van der Waals surface area contributed by atoms with Crippen molar-refractivity contribution in [3.8, 4) is 0 Å². The van der Waals surface area contributed by atoms with Crippen LogP contribution in [-0.2, 0) is 23.9 Å². The van der Waals surface area contributed by atoms with E-state index in [0.29, 0.717) is 12.8 Å². The van der Waals surface area contributed by atoms with Gasteiger partial charge in [0.25, 0.3) is 0 Å². The SMILES string of the molecule is O=C1CC(O)(C(=O)O)CC(=O)OCCCCCCCCCCCCCCO1. The third-order valence-electron chi connectivity index (χ3n) is 4.84. The maximum absolute atomic E-state index is 11.8. The van der Waals surface area contributed by atoms with Gasteiger partial charge < -0.3 is 19.7 Å². The van der Waals surface area contributed by atoms with Crippen LogP contribution >= 0.6 is 0 Å². The Morgan fingerprint density at radius 2 is 0.963 bits per heavy atom. The van der Waals surface area contributed by atoms with Crippen LogP contribution in [-0.4, -0.2) is 46.9 Å². The van der Waals surface area contributed by atoms with Gasteiger partial charge in [0.05, 0.1) is 26.1 Å². The number of hydrogen-bond acceptors (Lipinski definition) is 6. The summed E-state index contributed by atoms with van der Waals surface area (Å²) in [6, 6.07) is 0. The van der Waals surface area contributed by atoms with Crippen LogP contribution in [0.25, 0.3) is 0 Å². The largest absolute Gasteiger partial charge is 0.479 e. The quantitative estimate of drug-likeness (QED) is 0.665. The number of carbonyl (C=O) groups is 3. The van der Waals surface area contributed by atoms with E-state index < -0.39 is 36.4 Å². The molecule has 0 atom stereocenters. The van der Waals surface area contributed by atoms with E-state index in [4.69, 9.17) is 9.47 Å². The number of carbonyl (C=O) groups excluding carboxylic acids is 2. The van der Waals surface area contributed by atoms with Crippen LogP contribution in [0, 0.1) is 0 Å². The molecule has 1 aliphatic heterocycles. The molecule has 0 aromatic carbocycles. The normalized spacial score (nSPS) is 22.7. The number of cyclic esters (lactones) is 2. The van der Waals surface area contributed by atoms with E-state index in [-0.39, 0.29) is 13.2 Å². The van der Waals surface area contributed by atoms with Crippen molar-refractivity contribution in [2.45, 2.75) is 95.5 Å². The Kier molecular flexibility index (Phi) is 11.7. The molecule has 0 amide bonds. The molecule has 0 unspecified atom stereocenters. The van der Waals surface area contributed by atoms with Crippen molar-refractivity contribution in [3.63, 3.8) is 0 Å². The Labute approximate surface area is 161 Å². The first-order valence-electron chi connectivity index (χ1n) is 10.2. The first kappa shape index (κ1) is 23.4. The van der Waals surface area contributed by atoms with Crippen molar-refractivity contribution in [1.82, 2.24) is 0 Å². The first-order chi connectivity index (χ1) is 12.9. The zero-order valence-corrected chi connectivity index (χ0v) is 16.2. The first-order valence-corrected chi connectivity index (χ1v) is 10.2. The maximum atomic E-state index is 11.8. The van der Waals surface area contributed by atoms with Crippen LogP contribution in [0.1, 0.15) is 89.9 Å². The molecule has 2 N–H and O–H groups in total. The summed E-state index contributed by atoms with van der Waals surface area (Å²) >= 11 is 0. The molecule has 0 spiro atoms. The van der Waals surface area contributed by atoms with Gasteiger partial charge in [-0.05, 0) is 12.8 Å². The molecule has 156 valence electrons. The molecule has 1 heterocycles. The predicted molar refractivity (Wildman–Crippen MR) is 99.1 cm³/mol. The van der Waals surface area contributed by atoms with Crippen LogP contribution in [0.2, 0.25) is 0 Å². The highest BCUT2D eigenvalue weighted by atomic mass is 16.5. The number of ether oxygens (including phenoxy) is 2. The Morgan fingerprint density at radius 3 is 1.26 bits per heavy atom. The number of esters is 2. The van der Waals surface area contributed by atoms with Gasteiger partial charge in [-0.25, -0.2) is 4.79 Å². The lowest BCUT2D eigenvalue weighted by atomic mass is 9.96. The molecule has 7 nitrogen and oxygen atoms in total. The summed E-state index contributed by atoms with van der Waals surface area (Å²) in [6.07, 6.45) is 11.2. The summed E-state index contributed by atoms with van der Waals surface area (Å²) in [7, 11) is 0. The van der Waals surface area contributed by atoms with E-state index in [1.54, 1.807) is 0 Å². The van der Waals surface area contributed by atoms with Crippen molar-refractivity contribution in [1.29, 1.82) is 0 Å². The van der Waals surface area contributed by atoms with E-state index in [1.165, 1.54) is 38.5 Å². The van der Waals surface area contributed by atoms with Gasteiger partial charge in [-0.1, -0.05) is 64.2 Å². The minimum Gasteiger partial charge on any atom is -0.479 e. The summed E-state index contributed by atoms with van der Waals surface area (Å²) in [5.74, 6) is -3.27. The van der Waals surface area contributed by atoms with Crippen LogP contribution < -0.4 is 0 Å². The summed E-state index contributed by atoms with van der Waals surface area (Å²) in [4.78, 5) is 35.0. The molecule has 0 aromatic rings. The second kappa shape index (κ2) is 13.5. The fourth-order valence-electron chi connectivity index (χ4n) is 3.14. The Bertz CT molecular complexity index is 429. The van der Waals surface area contributed by atoms with Gasteiger partial charge in [-0.15, -0.1) is 0 Å². The third kappa shape index (κ3) is 11.0. The molecule has 1 aliphatic rings. The third-order valence-corrected chi connectivity index (χ3v) is 4.84. The van der Waals surface area contributed by atoms with Crippen molar-refractivity contribution in [2.75, 3.05) is 13.2 Å². The average molecular weight is 386 g/mol. The van der Waals surface area contributed by atoms with Gasteiger partial charge in [0.2, 0.25) is 0 Å². The van der Waals surface area contributed by atoms with Gasteiger partial charge in [-0.2, -0.15) is 0 Å². The predicted octanol–water partition coefficient (Wildman–Crippen LogP) is 3.36. The lowest BCUT2D eigenvalue weighted by molar-refractivity contribution is -0.173. The average Bonchev–Trinajstić information content (AvgIpc) is 2.60. The number of rotatable bonds is 1. The van der Waals surface area contributed by atoms with Gasteiger partial charge in [0.1, 0.15) is 0 Å². The molecular weight excluding hydrogens is 352 g/mol. The Morgan fingerprint density at radius 1 is 0.667 bits per heavy atom. The lowest BCUT2D eigenvalue weighted by Crippen LogP contribution is -2.43. The summed E-state index contributed by atoms with van der Waals surface area (Å²) in [6.45, 7) is 0.387. The van der Waals surface area contributed by atoms with Crippen LogP contribution in [0.15, 0.2) is 0 Å². The maximum Gasteiger partial charge on any atom is 0.336 e. The summed E-state index contributed by atoms with van der Waals surface area (Å²) < 4.78 is 10.0. The zero-order valence-electron chi connectivity index (χ0n) is 16.2. The number of carboxylic acids is 1. The molecular formula is C20H34O7. The molecule has 0 saturated carbocycles. The topological polar surface area (TPSA) is 110 Å². The zero-order chi connectivity index (χ0) is 20.0. The lowest BCUT2D eigenvalue weighted by Gasteiger charge is -2.21. The van der Waals surface area contributed by atoms with E-state index in [0.717, 1.165) is 25.7 Å². The van der Waals surface area contributed by atoms with Gasteiger partial charge in [0, 0.05) is 0 Å². The van der Waals surface area contributed by atoms with Crippen LogP contribution in [0.3, 0.4) is 0 Å². The minimum absolute atomic E-state index is 0.193. The summed E-state index contributed by atoms with van der Waals surface area (Å²) in [5, 5.41) is 19.4. The Hall–Kier alpha value is -1.63. The fraction of sp³-hybridized carbons (Fsp3) is 0.850. The van der Waals surface area contributed by atoms with Crippen molar-refractivity contribution in [3.05, 3.63) is 0 Å². The molecule has 0 bridgehead atoms. The van der Waals surface area contributed by atoms with Gasteiger partial charge >= 0.3 is 17.9 Å². The van der Waals surface area contributed by atoms with Gasteiger partial charge in [-0.3, -0.25) is 9.59 Å². The van der Waals surface area contributed by atoms with E-state index in [9.17, 15) is 24.6 Å². The molecule has 1 saturated heterocycles.